The van der Waals surface area contributed by atoms with E-state index in [9.17, 15) is 4.79 Å². The number of hydrogen-bond donors (Lipinski definition) is 1. The van der Waals surface area contributed by atoms with Crippen molar-refractivity contribution in [2.24, 2.45) is 5.92 Å². The Balaban J connectivity index is 1.66. The molecule has 1 atom stereocenters. The Morgan fingerprint density at radius 2 is 2.19 bits per heavy atom. The molecule has 5 heteroatoms. The van der Waals surface area contributed by atoms with Crippen LogP contribution in [0, 0.1) is 5.92 Å². The lowest BCUT2D eigenvalue weighted by molar-refractivity contribution is 0.182. The third kappa shape index (κ3) is 3.24. The fraction of sp³-hybridized carbons (Fsp3) is 0.375. The molecular weight excluding hydrogens is 266 g/mol. The normalized spacial score (nSPS) is 18.5. The van der Waals surface area contributed by atoms with Gasteiger partial charge in [-0.15, -0.1) is 0 Å². The van der Waals surface area contributed by atoms with E-state index >= 15 is 0 Å². The van der Waals surface area contributed by atoms with Gasteiger partial charge in [-0.05, 0) is 18.8 Å². The quantitative estimate of drug-likeness (QED) is 0.917. The van der Waals surface area contributed by atoms with Crippen molar-refractivity contribution in [3.63, 3.8) is 0 Å². The van der Waals surface area contributed by atoms with Crippen molar-refractivity contribution < 1.29 is 9.32 Å². The van der Waals surface area contributed by atoms with Gasteiger partial charge in [-0.2, -0.15) is 0 Å². The highest BCUT2D eigenvalue weighted by Crippen LogP contribution is 2.22. The highest BCUT2D eigenvalue weighted by atomic mass is 16.5. The lowest BCUT2D eigenvalue weighted by Gasteiger charge is -2.30. The number of hydrogen-bond acceptors (Lipinski definition) is 3. The molecule has 1 aliphatic rings. The molecule has 110 valence electrons. The molecule has 2 aromatic rings. The maximum atomic E-state index is 12.2. The fourth-order valence-corrected chi connectivity index (χ4v) is 2.64. The van der Waals surface area contributed by atoms with Gasteiger partial charge in [-0.25, -0.2) is 4.79 Å². The van der Waals surface area contributed by atoms with Crippen LogP contribution in [0.15, 0.2) is 40.9 Å². The number of aromatic nitrogens is 1. The number of carbonyl (C=O) groups is 1. The molecule has 1 fully saturated rings. The SMILES string of the molecule is CC1CCCN(C(=O)Nc2cc(-c3ccccc3)on2)C1. The van der Waals surface area contributed by atoms with E-state index in [1.54, 1.807) is 6.07 Å². The maximum Gasteiger partial charge on any atom is 0.323 e. The van der Waals surface area contributed by atoms with Crippen LogP contribution in [-0.4, -0.2) is 29.2 Å². The van der Waals surface area contributed by atoms with Gasteiger partial charge in [-0.3, -0.25) is 5.32 Å². The van der Waals surface area contributed by atoms with Gasteiger partial charge >= 0.3 is 6.03 Å². The second-order valence-corrected chi connectivity index (χ2v) is 5.57. The Labute approximate surface area is 123 Å². The monoisotopic (exact) mass is 285 g/mol. The predicted molar refractivity (Wildman–Crippen MR) is 80.9 cm³/mol. The molecule has 0 bridgehead atoms. The Kier molecular flexibility index (Phi) is 3.90. The number of rotatable bonds is 2. The topological polar surface area (TPSA) is 58.4 Å². The first-order valence-electron chi connectivity index (χ1n) is 7.30. The molecular formula is C16H19N3O2. The summed E-state index contributed by atoms with van der Waals surface area (Å²) in [5.74, 6) is 1.66. The summed E-state index contributed by atoms with van der Waals surface area (Å²) in [7, 11) is 0. The van der Waals surface area contributed by atoms with Crippen LogP contribution < -0.4 is 5.32 Å². The van der Waals surface area contributed by atoms with Crippen molar-refractivity contribution in [2.75, 3.05) is 18.4 Å². The summed E-state index contributed by atoms with van der Waals surface area (Å²) in [6.07, 6.45) is 2.24. The first kappa shape index (κ1) is 13.7. The molecule has 0 radical (unpaired) electrons. The van der Waals surface area contributed by atoms with Crippen molar-refractivity contribution in [1.82, 2.24) is 10.1 Å². The Bertz CT molecular complexity index is 609. The summed E-state index contributed by atoms with van der Waals surface area (Å²) in [6, 6.07) is 11.4. The van der Waals surface area contributed by atoms with Gasteiger partial charge in [0.15, 0.2) is 11.6 Å². The molecule has 2 heterocycles. The molecule has 0 saturated carbocycles. The van der Waals surface area contributed by atoms with Crippen LogP contribution in [0.2, 0.25) is 0 Å². The van der Waals surface area contributed by atoms with Gasteiger partial charge in [0.1, 0.15) is 0 Å². The van der Waals surface area contributed by atoms with Crippen molar-refractivity contribution >= 4 is 11.8 Å². The largest absolute Gasteiger partial charge is 0.354 e. The molecule has 1 unspecified atom stereocenters. The molecule has 1 N–H and O–H groups in total. The van der Waals surface area contributed by atoms with Crippen LogP contribution in [0.5, 0.6) is 0 Å². The van der Waals surface area contributed by atoms with Crippen LogP contribution in [-0.2, 0) is 0 Å². The Hall–Kier alpha value is -2.30. The van der Waals surface area contributed by atoms with Gasteiger partial charge in [-0.1, -0.05) is 42.4 Å². The van der Waals surface area contributed by atoms with E-state index in [2.05, 4.69) is 17.4 Å². The van der Waals surface area contributed by atoms with E-state index in [0.717, 1.165) is 25.1 Å². The summed E-state index contributed by atoms with van der Waals surface area (Å²) in [6.45, 7) is 3.78. The van der Waals surface area contributed by atoms with E-state index in [4.69, 9.17) is 4.52 Å². The summed E-state index contributed by atoms with van der Waals surface area (Å²) >= 11 is 0. The average molecular weight is 285 g/mol. The minimum atomic E-state index is -0.102. The van der Waals surface area contributed by atoms with Gasteiger partial charge in [0.05, 0.1) is 0 Å². The summed E-state index contributed by atoms with van der Waals surface area (Å²) < 4.78 is 5.28. The summed E-state index contributed by atoms with van der Waals surface area (Å²) in [5.41, 5.74) is 0.942. The summed E-state index contributed by atoms with van der Waals surface area (Å²) in [5, 5.41) is 6.72. The molecule has 1 aromatic heterocycles. The number of nitrogens with one attached hydrogen (secondary N) is 1. The smallest absolute Gasteiger partial charge is 0.323 e. The van der Waals surface area contributed by atoms with E-state index in [1.165, 1.54) is 6.42 Å². The number of likely N-dealkylation sites (tertiary alicyclic amines) is 1. The highest BCUT2D eigenvalue weighted by Gasteiger charge is 2.21. The van der Waals surface area contributed by atoms with Crippen molar-refractivity contribution in [3.05, 3.63) is 36.4 Å². The van der Waals surface area contributed by atoms with Crippen molar-refractivity contribution in [1.29, 1.82) is 0 Å². The number of carbonyl (C=O) groups excluding carboxylic acids is 1. The standard InChI is InChI=1S/C16H19N3O2/c1-12-6-5-9-19(11-12)16(20)17-15-10-14(21-18-15)13-7-3-2-4-8-13/h2-4,7-8,10,12H,5-6,9,11H2,1H3,(H,17,18,20). The molecule has 0 spiro atoms. The second kappa shape index (κ2) is 5.99. The van der Waals surface area contributed by atoms with Gasteiger partial charge < -0.3 is 9.42 Å². The minimum Gasteiger partial charge on any atom is -0.354 e. The Morgan fingerprint density at radius 1 is 1.38 bits per heavy atom. The molecule has 1 aromatic carbocycles. The van der Waals surface area contributed by atoms with Gasteiger partial charge in [0.2, 0.25) is 0 Å². The van der Waals surface area contributed by atoms with Crippen molar-refractivity contribution in [3.8, 4) is 11.3 Å². The average Bonchev–Trinajstić information content (AvgIpc) is 2.97. The number of anilines is 1. The van der Waals surface area contributed by atoms with Crippen LogP contribution >= 0.6 is 0 Å². The predicted octanol–water partition coefficient (Wildman–Crippen LogP) is 3.61. The van der Waals surface area contributed by atoms with E-state index in [-0.39, 0.29) is 6.03 Å². The number of benzene rings is 1. The minimum absolute atomic E-state index is 0.102. The third-order valence-corrected chi connectivity index (χ3v) is 3.75. The Morgan fingerprint density at radius 3 is 2.95 bits per heavy atom. The zero-order chi connectivity index (χ0) is 14.7. The molecule has 2 amide bonds. The van der Waals surface area contributed by atoms with Crippen LogP contribution in [0.4, 0.5) is 10.6 Å². The lowest BCUT2D eigenvalue weighted by Crippen LogP contribution is -2.41. The van der Waals surface area contributed by atoms with Gasteiger partial charge in [0, 0.05) is 24.7 Å². The highest BCUT2D eigenvalue weighted by molar-refractivity contribution is 5.88. The number of urea groups is 1. The van der Waals surface area contributed by atoms with Crippen LogP contribution in [0.3, 0.4) is 0 Å². The first-order valence-corrected chi connectivity index (χ1v) is 7.30. The van der Waals surface area contributed by atoms with E-state index in [0.29, 0.717) is 17.5 Å². The van der Waals surface area contributed by atoms with E-state index in [1.807, 2.05) is 35.2 Å². The molecule has 0 aliphatic carbocycles. The molecule has 21 heavy (non-hydrogen) atoms. The third-order valence-electron chi connectivity index (χ3n) is 3.75. The van der Waals surface area contributed by atoms with Crippen LogP contribution in [0.1, 0.15) is 19.8 Å². The zero-order valence-electron chi connectivity index (χ0n) is 12.1. The lowest BCUT2D eigenvalue weighted by atomic mass is 10.0. The molecule has 3 rings (SSSR count). The summed E-state index contributed by atoms with van der Waals surface area (Å²) in [4.78, 5) is 14.0. The van der Waals surface area contributed by atoms with Crippen molar-refractivity contribution in [2.45, 2.75) is 19.8 Å². The second-order valence-electron chi connectivity index (χ2n) is 5.57. The number of piperidine rings is 1. The zero-order valence-corrected chi connectivity index (χ0v) is 12.1. The van der Waals surface area contributed by atoms with E-state index < -0.39 is 0 Å². The molecule has 1 aliphatic heterocycles. The maximum absolute atomic E-state index is 12.2. The number of amides is 2. The number of nitrogens with zero attached hydrogens (tertiary/aromatic N) is 2. The fourth-order valence-electron chi connectivity index (χ4n) is 2.64. The van der Waals surface area contributed by atoms with Crippen LogP contribution in [0.25, 0.3) is 11.3 Å². The molecule has 5 nitrogen and oxygen atoms in total. The molecule has 1 saturated heterocycles. The first-order chi connectivity index (χ1) is 10.2. The van der Waals surface area contributed by atoms with Gasteiger partial charge in [0.25, 0.3) is 0 Å².